The van der Waals surface area contributed by atoms with Crippen molar-refractivity contribution in [1.29, 1.82) is 0 Å². The van der Waals surface area contributed by atoms with E-state index in [-0.39, 0.29) is 5.78 Å². The van der Waals surface area contributed by atoms with Crippen LogP contribution >= 0.6 is 27.3 Å². The zero-order valence-electron chi connectivity index (χ0n) is 9.14. The van der Waals surface area contributed by atoms with Crippen LogP contribution in [0.4, 0.5) is 0 Å². The van der Waals surface area contributed by atoms with Gasteiger partial charge in [-0.2, -0.15) is 0 Å². The van der Waals surface area contributed by atoms with Crippen LogP contribution in [0.3, 0.4) is 0 Å². The Hall–Kier alpha value is -1.20. The molecule has 2 aromatic heterocycles. The molecule has 0 aliphatic carbocycles. The summed E-state index contributed by atoms with van der Waals surface area (Å²) >= 11 is 4.98. The number of pyridine rings is 1. The van der Waals surface area contributed by atoms with Gasteiger partial charge < -0.3 is 4.74 Å². The highest BCUT2D eigenvalue weighted by Gasteiger charge is 2.14. The molecule has 0 N–H and O–H groups in total. The fourth-order valence-corrected chi connectivity index (χ4v) is 2.96. The number of carbonyl (C=O) groups excluding carboxylic acids is 1. The van der Waals surface area contributed by atoms with E-state index in [9.17, 15) is 4.79 Å². The van der Waals surface area contributed by atoms with Gasteiger partial charge in [0.1, 0.15) is 5.75 Å². The van der Waals surface area contributed by atoms with Crippen molar-refractivity contribution >= 4 is 33.0 Å². The highest BCUT2D eigenvalue weighted by Crippen LogP contribution is 2.25. The summed E-state index contributed by atoms with van der Waals surface area (Å²) in [6.45, 7) is 0. The lowest BCUT2D eigenvalue weighted by molar-refractivity contribution is 0.0990. The van der Waals surface area contributed by atoms with Gasteiger partial charge in [-0.15, -0.1) is 11.3 Å². The third-order valence-corrected chi connectivity index (χ3v) is 4.24. The Balaban J connectivity index is 2.23. The number of carbonyl (C=O) groups is 1. The number of hydrogen-bond acceptors (Lipinski definition) is 4. The van der Waals surface area contributed by atoms with Gasteiger partial charge in [-0.3, -0.25) is 9.78 Å². The molecule has 0 saturated carbocycles. The van der Waals surface area contributed by atoms with E-state index in [4.69, 9.17) is 4.74 Å². The van der Waals surface area contributed by atoms with Crippen LogP contribution < -0.4 is 4.74 Å². The third kappa shape index (κ3) is 2.73. The number of halogens is 1. The van der Waals surface area contributed by atoms with Gasteiger partial charge in [0, 0.05) is 22.0 Å². The number of nitrogens with zero attached hydrogens (tertiary/aromatic N) is 1. The molecule has 0 aliphatic rings. The van der Waals surface area contributed by atoms with Crippen molar-refractivity contribution in [3.63, 3.8) is 0 Å². The summed E-state index contributed by atoms with van der Waals surface area (Å²) in [4.78, 5) is 17.1. The number of hydrogen-bond donors (Lipinski definition) is 0. The van der Waals surface area contributed by atoms with Gasteiger partial charge in [-0.05, 0) is 33.4 Å². The van der Waals surface area contributed by atoms with E-state index >= 15 is 0 Å². The molecular formula is C12H10BrNO2S. The van der Waals surface area contributed by atoms with E-state index in [1.54, 1.807) is 29.8 Å². The fraction of sp³-hybridized carbons (Fsp3) is 0.167. The van der Waals surface area contributed by atoms with Crippen molar-refractivity contribution in [2.45, 2.75) is 6.42 Å². The Labute approximate surface area is 112 Å². The Morgan fingerprint density at radius 2 is 2.35 bits per heavy atom. The van der Waals surface area contributed by atoms with Gasteiger partial charge in [0.15, 0.2) is 5.78 Å². The van der Waals surface area contributed by atoms with Crippen LogP contribution in [-0.4, -0.2) is 17.9 Å². The molecule has 0 unspecified atom stereocenters. The van der Waals surface area contributed by atoms with E-state index in [1.807, 2.05) is 11.4 Å². The summed E-state index contributed by atoms with van der Waals surface area (Å²) < 4.78 is 6.10. The Bertz CT molecular complexity index is 539. The highest BCUT2D eigenvalue weighted by atomic mass is 79.9. The predicted molar refractivity (Wildman–Crippen MR) is 70.8 cm³/mol. The van der Waals surface area contributed by atoms with E-state index in [0.717, 1.165) is 9.35 Å². The number of ketones is 1. The summed E-state index contributed by atoms with van der Waals surface area (Å²) in [5.41, 5.74) is 0.572. The van der Waals surface area contributed by atoms with Gasteiger partial charge in [-0.25, -0.2) is 0 Å². The van der Waals surface area contributed by atoms with E-state index < -0.39 is 0 Å². The van der Waals surface area contributed by atoms with Crippen LogP contribution in [0.2, 0.25) is 0 Å². The van der Waals surface area contributed by atoms with Crippen molar-refractivity contribution in [2.75, 3.05) is 7.11 Å². The van der Waals surface area contributed by atoms with Gasteiger partial charge in [0.2, 0.25) is 0 Å². The monoisotopic (exact) mass is 311 g/mol. The maximum atomic E-state index is 12.1. The number of methoxy groups -OCH3 is 1. The second-order valence-electron chi connectivity index (χ2n) is 3.37. The molecule has 2 aromatic rings. The lowest BCUT2D eigenvalue weighted by Crippen LogP contribution is -2.05. The zero-order chi connectivity index (χ0) is 12.3. The number of aromatic nitrogens is 1. The minimum atomic E-state index is 0.0346. The quantitative estimate of drug-likeness (QED) is 0.813. The minimum Gasteiger partial charge on any atom is -0.494 e. The summed E-state index contributed by atoms with van der Waals surface area (Å²) in [5, 5.41) is 1.95. The molecule has 2 heterocycles. The van der Waals surface area contributed by atoms with Gasteiger partial charge >= 0.3 is 0 Å². The van der Waals surface area contributed by atoms with Crippen LogP contribution in [0.1, 0.15) is 15.2 Å². The predicted octanol–water partition coefficient (Wildman–Crippen LogP) is 3.34. The first-order valence-electron chi connectivity index (χ1n) is 4.95. The summed E-state index contributed by atoms with van der Waals surface area (Å²) in [6.07, 6.45) is 3.52. The molecule has 88 valence electrons. The molecular weight excluding hydrogens is 302 g/mol. The van der Waals surface area contributed by atoms with Crippen LogP contribution in [-0.2, 0) is 6.42 Å². The molecule has 0 atom stereocenters. The van der Waals surface area contributed by atoms with Crippen LogP contribution in [0, 0.1) is 0 Å². The normalized spacial score (nSPS) is 10.2. The summed E-state index contributed by atoms with van der Waals surface area (Å²) in [6, 6.07) is 3.62. The number of ether oxygens (including phenoxy) is 1. The first kappa shape index (κ1) is 12.3. The van der Waals surface area contributed by atoms with Crippen molar-refractivity contribution < 1.29 is 9.53 Å². The first-order valence-corrected chi connectivity index (χ1v) is 6.62. The molecule has 2 rings (SSSR count). The standard InChI is InChI=1S/C12H10BrNO2S/c1-16-11-7-14-4-2-8(11)10(15)6-12-9(13)3-5-17-12/h2-5,7H,6H2,1H3. The molecule has 0 aromatic carbocycles. The fourth-order valence-electron chi connectivity index (χ4n) is 1.47. The molecule has 5 heteroatoms. The molecule has 0 aliphatic heterocycles. The minimum absolute atomic E-state index is 0.0346. The van der Waals surface area contributed by atoms with Gasteiger partial charge in [-0.1, -0.05) is 0 Å². The molecule has 0 spiro atoms. The average molecular weight is 312 g/mol. The van der Waals surface area contributed by atoms with Crippen molar-refractivity contribution in [2.24, 2.45) is 0 Å². The van der Waals surface area contributed by atoms with Crippen LogP contribution in [0.25, 0.3) is 0 Å². The molecule has 0 saturated heterocycles. The SMILES string of the molecule is COc1cnccc1C(=O)Cc1sccc1Br. The van der Waals surface area contributed by atoms with Crippen molar-refractivity contribution in [1.82, 2.24) is 4.98 Å². The number of Topliss-reactive ketones (excluding diaryl/α,β-unsaturated/α-hetero) is 1. The molecule has 0 amide bonds. The molecule has 17 heavy (non-hydrogen) atoms. The molecule has 3 nitrogen and oxygen atoms in total. The molecule has 0 bridgehead atoms. The first-order chi connectivity index (χ1) is 8.22. The highest BCUT2D eigenvalue weighted by molar-refractivity contribution is 9.10. The lowest BCUT2D eigenvalue weighted by atomic mass is 10.1. The lowest BCUT2D eigenvalue weighted by Gasteiger charge is -2.05. The second kappa shape index (κ2) is 5.42. The average Bonchev–Trinajstić information content (AvgIpc) is 2.75. The van der Waals surface area contributed by atoms with Gasteiger partial charge in [0.25, 0.3) is 0 Å². The number of thiophene rings is 1. The molecule has 0 radical (unpaired) electrons. The van der Waals surface area contributed by atoms with E-state index in [0.29, 0.717) is 17.7 Å². The van der Waals surface area contributed by atoms with Gasteiger partial charge in [0.05, 0.1) is 18.9 Å². The zero-order valence-corrected chi connectivity index (χ0v) is 11.5. The third-order valence-electron chi connectivity index (χ3n) is 2.32. The van der Waals surface area contributed by atoms with Crippen LogP contribution in [0.5, 0.6) is 5.75 Å². The summed E-state index contributed by atoms with van der Waals surface area (Å²) in [5.74, 6) is 0.553. The summed E-state index contributed by atoms with van der Waals surface area (Å²) in [7, 11) is 1.54. The van der Waals surface area contributed by atoms with Crippen molar-refractivity contribution in [3.05, 3.63) is 44.8 Å². The second-order valence-corrected chi connectivity index (χ2v) is 5.22. The Morgan fingerprint density at radius 3 is 3.00 bits per heavy atom. The topological polar surface area (TPSA) is 39.2 Å². The number of rotatable bonds is 4. The molecule has 0 fully saturated rings. The maximum Gasteiger partial charge on any atom is 0.171 e. The Kier molecular flexibility index (Phi) is 3.91. The maximum absolute atomic E-state index is 12.1. The van der Waals surface area contributed by atoms with E-state index in [2.05, 4.69) is 20.9 Å². The van der Waals surface area contributed by atoms with Crippen molar-refractivity contribution in [3.8, 4) is 5.75 Å². The Morgan fingerprint density at radius 1 is 1.53 bits per heavy atom. The largest absolute Gasteiger partial charge is 0.494 e. The van der Waals surface area contributed by atoms with Crippen LogP contribution in [0.15, 0.2) is 34.4 Å². The smallest absolute Gasteiger partial charge is 0.171 e. The van der Waals surface area contributed by atoms with E-state index in [1.165, 1.54) is 7.11 Å².